The third-order valence-corrected chi connectivity index (χ3v) is 6.04. The number of amides is 1. The van der Waals surface area contributed by atoms with Gasteiger partial charge in [0.25, 0.3) is 0 Å². The number of esters is 1. The van der Waals surface area contributed by atoms with E-state index in [9.17, 15) is 9.59 Å². The van der Waals surface area contributed by atoms with Crippen LogP contribution in [0.4, 0.5) is 5.00 Å². The first-order chi connectivity index (χ1) is 13.6. The Labute approximate surface area is 170 Å². The Hall–Kier alpha value is -2.34. The van der Waals surface area contributed by atoms with E-state index in [1.165, 1.54) is 21.8 Å². The van der Waals surface area contributed by atoms with Crippen LogP contribution >= 0.6 is 11.3 Å². The van der Waals surface area contributed by atoms with Crippen molar-refractivity contribution in [1.82, 2.24) is 0 Å². The highest BCUT2D eigenvalue weighted by Crippen LogP contribution is 2.38. The Bertz CT molecular complexity index is 826. The summed E-state index contributed by atoms with van der Waals surface area (Å²) in [7, 11) is 0. The maximum atomic E-state index is 12.4. The van der Waals surface area contributed by atoms with E-state index in [2.05, 4.69) is 12.2 Å². The van der Waals surface area contributed by atoms with Crippen molar-refractivity contribution in [2.24, 2.45) is 0 Å². The number of hydrogen-bond acceptors (Lipinski definition) is 5. The van der Waals surface area contributed by atoms with Crippen molar-refractivity contribution in [1.29, 1.82) is 0 Å². The van der Waals surface area contributed by atoms with Crippen molar-refractivity contribution in [3.8, 4) is 5.75 Å². The molecule has 0 radical (unpaired) electrons. The molecule has 0 spiro atoms. The van der Waals surface area contributed by atoms with Gasteiger partial charge in [0.15, 0.2) is 0 Å². The van der Waals surface area contributed by atoms with Gasteiger partial charge in [0.1, 0.15) is 10.8 Å². The van der Waals surface area contributed by atoms with Crippen LogP contribution in [-0.2, 0) is 28.8 Å². The molecule has 28 heavy (non-hydrogen) atoms. The summed E-state index contributed by atoms with van der Waals surface area (Å²) in [4.78, 5) is 26.0. The first kappa shape index (κ1) is 20.4. The summed E-state index contributed by atoms with van der Waals surface area (Å²) in [5.74, 6) is 0.252. The quantitative estimate of drug-likeness (QED) is 0.647. The third-order valence-electron chi connectivity index (χ3n) is 4.83. The molecule has 0 saturated carbocycles. The molecule has 0 bridgehead atoms. The summed E-state index contributed by atoms with van der Waals surface area (Å²) in [5.41, 5.74) is 2.85. The van der Waals surface area contributed by atoms with Crippen LogP contribution in [-0.4, -0.2) is 25.1 Å². The molecule has 150 valence electrons. The van der Waals surface area contributed by atoms with E-state index in [-0.39, 0.29) is 24.9 Å². The summed E-state index contributed by atoms with van der Waals surface area (Å²) >= 11 is 1.50. The zero-order valence-electron chi connectivity index (χ0n) is 16.5. The molecule has 1 aliphatic carbocycles. The largest absolute Gasteiger partial charge is 0.493 e. The highest BCUT2D eigenvalue weighted by molar-refractivity contribution is 7.17. The number of ether oxygens (including phenoxy) is 2. The molecule has 5 nitrogen and oxygen atoms in total. The first-order valence-electron chi connectivity index (χ1n) is 9.95. The van der Waals surface area contributed by atoms with Gasteiger partial charge in [-0.25, -0.2) is 4.79 Å². The highest BCUT2D eigenvalue weighted by atomic mass is 32.1. The number of fused-ring (bicyclic) bond motifs is 1. The van der Waals surface area contributed by atoms with Gasteiger partial charge >= 0.3 is 5.97 Å². The molecule has 1 aromatic heterocycles. The molecule has 0 aliphatic heterocycles. The Morgan fingerprint density at radius 3 is 2.57 bits per heavy atom. The van der Waals surface area contributed by atoms with Crippen LogP contribution in [0.15, 0.2) is 24.3 Å². The van der Waals surface area contributed by atoms with E-state index >= 15 is 0 Å². The number of carbonyl (C=O) groups is 2. The van der Waals surface area contributed by atoms with Crippen molar-refractivity contribution >= 4 is 28.2 Å². The second-order valence-electron chi connectivity index (χ2n) is 6.78. The number of rotatable bonds is 8. The number of benzene rings is 1. The number of anilines is 1. The number of thiophene rings is 1. The monoisotopic (exact) mass is 401 g/mol. The normalized spacial score (nSPS) is 12.9. The maximum Gasteiger partial charge on any atom is 0.341 e. The van der Waals surface area contributed by atoms with Crippen molar-refractivity contribution in [3.63, 3.8) is 0 Å². The SMILES string of the molecule is CCOC(=O)c1c(NC(=O)CCOc2ccc(CC)cc2)sc2c1CCCC2. The van der Waals surface area contributed by atoms with E-state index in [0.29, 0.717) is 17.2 Å². The van der Waals surface area contributed by atoms with Gasteiger partial charge in [-0.05, 0) is 62.3 Å². The van der Waals surface area contributed by atoms with Crippen molar-refractivity contribution in [2.75, 3.05) is 18.5 Å². The number of nitrogens with one attached hydrogen (secondary N) is 1. The number of carbonyl (C=O) groups excluding carboxylic acids is 2. The molecule has 2 aromatic rings. The first-order valence-corrected chi connectivity index (χ1v) is 10.8. The lowest BCUT2D eigenvalue weighted by Crippen LogP contribution is -2.17. The van der Waals surface area contributed by atoms with Gasteiger partial charge in [0, 0.05) is 4.88 Å². The topological polar surface area (TPSA) is 64.6 Å². The van der Waals surface area contributed by atoms with E-state index in [1.807, 2.05) is 24.3 Å². The lowest BCUT2D eigenvalue weighted by atomic mass is 9.95. The van der Waals surface area contributed by atoms with Gasteiger partial charge in [0.2, 0.25) is 5.91 Å². The molecule has 1 heterocycles. The van der Waals surface area contributed by atoms with Gasteiger partial charge in [-0.3, -0.25) is 4.79 Å². The molecule has 1 aromatic carbocycles. The van der Waals surface area contributed by atoms with Crippen LogP contribution in [0, 0.1) is 0 Å². The Morgan fingerprint density at radius 2 is 1.86 bits per heavy atom. The molecule has 0 atom stereocenters. The minimum Gasteiger partial charge on any atom is -0.493 e. The lowest BCUT2D eigenvalue weighted by molar-refractivity contribution is -0.116. The lowest BCUT2D eigenvalue weighted by Gasteiger charge is -2.12. The molecule has 1 aliphatic rings. The molecule has 1 amide bonds. The second-order valence-corrected chi connectivity index (χ2v) is 7.88. The maximum absolute atomic E-state index is 12.4. The molecule has 0 unspecified atom stereocenters. The summed E-state index contributed by atoms with van der Waals surface area (Å²) in [6.07, 6.45) is 5.21. The van der Waals surface area contributed by atoms with Gasteiger partial charge in [-0.1, -0.05) is 19.1 Å². The van der Waals surface area contributed by atoms with Crippen LogP contribution in [0.1, 0.15) is 59.5 Å². The fourth-order valence-corrected chi connectivity index (χ4v) is 4.64. The Morgan fingerprint density at radius 1 is 1.11 bits per heavy atom. The zero-order valence-corrected chi connectivity index (χ0v) is 17.3. The van der Waals surface area contributed by atoms with Crippen LogP contribution < -0.4 is 10.1 Å². The average Bonchev–Trinajstić information content (AvgIpc) is 3.06. The summed E-state index contributed by atoms with van der Waals surface area (Å²) in [6, 6.07) is 7.89. The van der Waals surface area contributed by atoms with E-state index in [4.69, 9.17) is 9.47 Å². The molecule has 1 N–H and O–H groups in total. The smallest absolute Gasteiger partial charge is 0.341 e. The predicted molar refractivity (Wildman–Crippen MR) is 111 cm³/mol. The van der Waals surface area contributed by atoms with Gasteiger partial charge < -0.3 is 14.8 Å². The standard InChI is InChI=1S/C22H27NO4S/c1-3-15-9-11-16(12-10-15)27-14-13-19(24)23-21-20(22(25)26-4-2)17-7-5-6-8-18(17)28-21/h9-12H,3-8,13-14H2,1-2H3,(H,23,24). The highest BCUT2D eigenvalue weighted by Gasteiger charge is 2.27. The summed E-state index contributed by atoms with van der Waals surface area (Å²) in [5, 5.41) is 3.52. The molecule has 3 rings (SSSR count). The van der Waals surface area contributed by atoms with Crippen molar-refractivity contribution in [3.05, 3.63) is 45.8 Å². The summed E-state index contributed by atoms with van der Waals surface area (Å²) in [6.45, 7) is 4.51. The van der Waals surface area contributed by atoms with Gasteiger partial charge in [0.05, 0.1) is 25.2 Å². The fourth-order valence-electron chi connectivity index (χ4n) is 3.35. The molecular formula is C22H27NO4S. The van der Waals surface area contributed by atoms with Crippen LogP contribution in [0.3, 0.4) is 0 Å². The molecule has 6 heteroatoms. The number of aryl methyl sites for hydroxylation is 2. The number of hydrogen-bond donors (Lipinski definition) is 1. The second kappa shape index (κ2) is 9.73. The molecular weight excluding hydrogens is 374 g/mol. The van der Waals surface area contributed by atoms with Crippen LogP contribution in [0.25, 0.3) is 0 Å². The van der Waals surface area contributed by atoms with E-state index < -0.39 is 0 Å². The van der Waals surface area contributed by atoms with Crippen molar-refractivity contribution < 1.29 is 19.1 Å². The van der Waals surface area contributed by atoms with Crippen LogP contribution in [0.5, 0.6) is 5.75 Å². The molecule has 0 saturated heterocycles. The summed E-state index contributed by atoms with van der Waals surface area (Å²) < 4.78 is 10.9. The third kappa shape index (κ3) is 4.93. The van der Waals surface area contributed by atoms with E-state index in [1.54, 1.807) is 6.92 Å². The minimum absolute atomic E-state index is 0.158. The predicted octanol–water partition coefficient (Wildman–Crippen LogP) is 4.77. The van der Waals surface area contributed by atoms with Crippen LogP contribution in [0.2, 0.25) is 0 Å². The van der Waals surface area contributed by atoms with Gasteiger partial charge in [-0.15, -0.1) is 11.3 Å². The van der Waals surface area contributed by atoms with Gasteiger partial charge in [-0.2, -0.15) is 0 Å². The average molecular weight is 402 g/mol. The fraction of sp³-hybridized carbons (Fsp3) is 0.455. The van der Waals surface area contributed by atoms with Crippen molar-refractivity contribution in [2.45, 2.75) is 52.4 Å². The minimum atomic E-state index is -0.343. The Kier molecular flexibility index (Phi) is 7.09. The Balaban J connectivity index is 1.61. The van der Waals surface area contributed by atoms with E-state index in [0.717, 1.165) is 43.4 Å². The zero-order chi connectivity index (χ0) is 19.9. The molecule has 0 fully saturated rings.